The summed E-state index contributed by atoms with van der Waals surface area (Å²) in [6, 6.07) is 4.56. The number of H-pyrrole nitrogens is 1. The second-order valence-electron chi connectivity index (χ2n) is 3.21. The number of anilines is 1. The molecule has 0 aliphatic heterocycles. The lowest BCUT2D eigenvalue weighted by molar-refractivity contribution is 0.270. The topological polar surface area (TPSA) is 110 Å². The van der Waals surface area contributed by atoms with Gasteiger partial charge in [0.25, 0.3) is 5.56 Å². The van der Waals surface area contributed by atoms with Gasteiger partial charge in [-0.1, -0.05) is 0 Å². The number of rotatable bonds is 3. The van der Waals surface area contributed by atoms with Crippen LogP contribution in [-0.4, -0.2) is 31.7 Å². The molecule has 0 bridgehead atoms. The van der Waals surface area contributed by atoms with E-state index >= 15 is 0 Å². The van der Waals surface area contributed by atoms with Gasteiger partial charge in [0.15, 0.2) is 0 Å². The van der Waals surface area contributed by atoms with E-state index in [2.05, 4.69) is 15.3 Å². The second-order valence-corrected chi connectivity index (χ2v) is 3.21. The molecule has 0 saturated carbocycles. The first-order chi connectivity index (χ1) is 7.70. The Morgan fingerprint density at radius 3 is 2.88 bits per heavy atom. The van der Waals surface area contributed by atoms with E-state index in [1.807, 2.05) is 0 Å². The van der Waals surface area contributed by atoms with E-state index in [-0.39, 0.29) is 12.2 Å². The van der Waals surface area contributed by atoms with Crippen molar-refractivity contribution in [3.8, 4) is 11.4 Å². The molecule has 2 aromatic heterocycles. The number of nitrogens with zero attached hydrogens (tertiary/aromatic N) is 3. The molecule has 2 aromatic rings. The van der Waals surface area contributed by atoms with E-state index in [1.165, 1.54) is 10.7 Å². The molecule has 2 rings (SSSR count). The molecular weight excluding hydrogens is 210 g/mol. The van der Waals surface area contributed by atoms with Gasteiger partial charge in [-0.2, -0.15) is 10.2 Å². The Bertz CT molecular complexity index is 525. The maximum atomic E-state index is 10.8. The molecule has 0 saturated heterocycles. The van der Waals surface area contributed by atoms with Crippen LogP contribution in [0.4, 0.5) is 5.82 Å². The fourth-order valence-electron chi connectivity index (χ4n) is 1.32. The summed E-state index contributed by atoms with van der Waals surface area (Å²) in [4.78, 5) is 10.8. The van der Waals surface area contributed by atoms with Crippen molar-refractivity contribution in [3.05, 3.63) is 28.6 Å². The van der Waals surface area contributed by atoms with Crippen molar-refractivity contribution in [2.45, 2.75) is 6.54 Å². The third kappa shape index (κ3) is 1.94. The molecule has 0 unspecified atom stereocenters. The highest BCUT2D eigenvalue weighted by atomic mass is 16.3. The summed E-state index contributed by atoms with van der Waals surface area (Å²) in [5.41, 5.74) is 6.50. The number of aliphatic hydroxyl groups excluding tert-OH is 1. The fraction of sp³-hybridized carbons (Fsp3) is 0.222. The van der Waals surface area contributed by atoms with Gasteiger partial charge >= 0.3 is 0 Å². The fourth-order valence-corrected chi connectivity index (χ4v) is 1.32. The lowest BCUT2D eigenvalue weighted by Crippen LogP contribution is -2.08. The first-order valence-corrected chi connectivity index (χ1v) is 4.71. The standard InChI is InChI=1S/C9H11N5O2/c10-8-5-7(13-14(8)3-4-15)6-1-2-9(16)12-11-6/h1-2,5,15H,3-4,10H2,(H,12,16). The summed E-state index contributed by atoms with van der Waals surface area (Å²) >= 11 is 0. The van der Waals surface area contributed by atoms with Gasteiger partial charge in [0.1, 0.15) is 17.2 Å². The molecule has 2 heterocycles. The summed E-state index contributed by atoms with van der Waals surface area (Å²) < 4.78 is 1.47. The molecule has 0 aliphatic rings. The van der Waals surface area contributed by atoms with Crippen molar-refractivity contribution in [1.29, 1.82) is 0 Å². The Balaban J connectivity index is 2.37. The normalized spacial score (nSPS) is 10.6. The number of aromatic amines is 1. The van der Waals surface area contributed by atoms with Crippen molar-refractivity contribution in [3.63, 3.8) is 0 Å². The maximum absolute atomic E-state index is 10.8. The third-order valence-electron chi connectivity index (χ3n) is 2.06. The van der Waals surface area contributed by atoms with Gasteiger partial charge in [-0.3, -0.25) is 4.79 Å². The molecule has 0 radical (unpaired) electrons. The van der Waals surface area contributed by atoms with Crippen LogP contribution in [0.15, 0.2) is 23.0 Å². The lowest BCUT2D eigenvalue weighted by Gasteiger charge is -1.98. The number of nitrogen functional groups attached to an aromatic ring is 1. The summed E-state index contributed by atoms with van der Waals surface area (Å²) in [7, 11) is 0. The van der Waals surface area contributed by atoms with Crippen LogP contribution in [0.1, 0.15) is 0 Å². The van der Waals surface area contributed by atoms with Crippen molar-refractivity contribution in [2.24, 2.45) is 0 Å². The van der Waals surface area contributed by atoms with Crippen LogP contribution in [0, 0.1) is 0 Å². The Labute approximate surface area is 90.5 Å². The zero-order valence-corrected chi connectivity index (χ0v) is 8.42. The average Bonchev–Trinajstić information content (AvgIpc) is 2.62. The zero-order chi connectivity index (χ0) is 11.5. The lowest BCUT2D eigenvalue weighted by atomic mass is 10.3. The second kappa shape index (κ2) is 4.15. The summed E-state index contributed by atoms with van der Waals surface area (Å²) in [5.74, 6) is 0.442. The molecule has 16 heavy (non-hydrogen) atoms. The quantitative estimate of drug-likeness (QED) is 0.629. The number of nitrogens with two attached hydrogens (primary N) is 1. The van der Waals surface area contributed by atoms with E-state index in [1.54, 1.807) is 12.1 Å². The van der Waals surface area contributed by atoms with Gasteiger partial charge in [0.05, 0.1) is 13.2 Å². The van der Waals surface area contributed by atoms with Crippen molar-refractivity contribution >= 4 is 5.82 Å². The Kier molecular flexibility index (Phi) is 2.69. The highest BCUT2D eigenvalue weighted by Gasteiger charge is 2.07. The minimum atomic E-state index is -0.272. The summed E-state index contributed by atoms with van der Waals surface area (Å²) in [5, 5.41) is 19.1. The molecule has 0 fully saturated rings. The summed E-state index contributed by atoms with van der Waals surface area (Å²) in [6.07, 6.45) is 0. The Hall–Kier alpha value is -2.15. The van der Waals surface area contributed by atoms with Crippen LogP contribution >= 0.6 is 0 Å². The highest BCUT2D eigenvalue weighted by molar-refractivity contribution is 5.57. The number of aliphatic hydroxyl groups is 1. The van der Waals surface area contributed by atoms with Gasteiger partial charge < -0.3 is 10.8 Å². The third-order valence-corrected chi connectivity index (χ3v) is 2.06. The molecule has 0 aliphatic carbocycles. The predicted octanol–water partition coefficient (Wildman–Crippen LogP) is -0.792. The largest absolute Gasteiger partial charge is 0.394 e. The predicted molar refractivity (Wildman–Crippen MR) is 57.6 cm³/mol. The monoisotopic (exact) mass is 221 g/mol. The SMILES string of the molecule is Nc1cc(-c2ccc(=O)[nH]n2)nn1CCO. The van der Waals surface area contributed by atoms with E-state index in [4.69, 9.17) is 10.8 Å². The van der Waals surface area contributed by atoms with Crippen LogP contribution in [-0.2, 0) is 6.54 Å². The molecular formula is C9H11N5O2. The first-order valence-electron chi connectivity index (χ1n) is 4.71. The smallest absolute Gasteiger partial charge is 0.264 e. The van der Waals surface area contributed by atoms with Gasteiger partial charge in [-0.05, 0) is 6.07 Å². The molecule has 7 heteroatoms. The number of hydrogen-bond acceptors (Lipinski definition) is 5. The van der Waals surface area contributed by atoms with E-state index < -0.39 is 0 Å². The van der Waals surface area contributed by atoms with Crippen LogP contribution < -0.4 is 11.3 Å². The number of hydrogen-bond donors (Lipinski definition) is 3. The van der Waals surface area contributed by atoms with E-state index in [0.29, 0.717) is 23.8 Å². The number of aromatic nitrogens is 4. The highest BCUT2D eigenvalue weighted by Crippen LogP contribution is 2.16. The molecule has 0 spiro atoms. The first kappa shape index (κ1) is 10.4. The van der Waals surface area contributed by atoms with Gasteiger partial charge in [0, 0.05) is 12.1 Å². The Morgan fingerprint density at radius 2 is 2.25 bits per heavy atom. The molecule has 7 nitrogen and oxygen atoms in total. The van der Waals surface area contributed by atoms with Crippen LogP contribution in [0.3, 0.4) is 0 Å². The van der Waals surface area contributed by atoms with E-state index in [9.17, 15) is 4.79 Å². The molecule has 0 amide bonds. The average molecular weight is 221 g/mol. The Morgan fingerprint density at radius 1 is 1.44 bits per heavy atom. The molecule has 4 N–H and O–H groups in total. The van der Waals surface area contributed by atoms with Crippen LogP contribution in [0.5, 0.6) is 0 Å². The maximum Gasteiger partial charge on any atom is 0.264 e. The molecule has 0 atom stereocenters. The van der Waals surface area contributed by atoms with Gasteiger partial charge in [-0.25, -0.2) is 9.78 Å². The van der Waals surface area contributed by atoms with Crippen LogP contribution in [0.2, 0.25) is 0 Å². The van der Waals surface area contributed by atoms with E-state index in [0.717, 1.165) is 0 Å². The van der Waals surface area contributed by atoms with Crippen molar-refractivity contribution in [1.82, 2.24) is 20.0 Å². The minimum absolute atomic E-state index is 0.0373. The van der Waals surface area contributed by atoms with Crippen molar-refractivity contribution < 1.29 is 5.11 Å². The molecule has 0 aromatic carbocycles. The zero-order valence-electron chi connectivity index (χ0n) is 8.42. The van der Waals surface area contributed by atoms with Gasteiger partial charge in [0.2, 0.25) is 0 Å². The number of nitrogens with one attached hydrogen (secondary N) is 1. The van der Waals surface area contributed by atoms with Crippen LogP contribution in [0.25, 0.3) is 11.4 Å². The molecule has 84 valence electrons. The van der Waals surface area contributed by atoms with Crippen molar-refractivity contribution in [2.75, 3.05) is 12.3 Å². The summed E-state index contributed by atoms with van der Waals surface area (Å²) in [6.45, 7) is 0.291. The minimum Gasteiger partial charge on any atom is -0.394 e. The van der Waals surface area contributed by atoms with Gasteiger partial charge in [-0.15, -0.1) is 0 Å².